The molecule has 3 heteroatoms. The minimum Gasteiger partial charge on any atom is -0.208 e. The molecule has 3 nitrogen and oxygen atoms in total. The van der Waals surface area contributed by atoms with Gasteiger partial charge in [-0.05, 0) is 134 Å². The monoisotopic (exact) mass is 826 g/mol. The summed E-state index contributed by atoms with van der Waals surface area (Å²) in [5.41, 5.74) is 18.7. The quantitative estimate of drug-likeness (QED) is 0.0571. The highest BCUT2D eigenvalue weighted by Crippen LogP contribution is 2.32. The Balaban J connectivity index is 1.15. The van der Waals surface area contributed by atoms with Gasteiger partial charge in [-0.25, -0.2) is 15.0 Å². The molecule has 0 amide bonds. The Morgan fingerprint density at radius 2 is 0.742 bits per heavy atom. The number of hydrogen-bond donors (Lipinski definition) is 0. The summed E-state index contributed by atoms with van der Waals surface area (Å²) < 4.78 is 0. The van der Waals surface area contributed by atoms with Crippen LogP contribution in [0.1, 0.15) is 162 Å². The molecule has 1 heterocycles. The van der Waals surface area contributed by atoms with Gasteiger partial charge < -0.3 is 0 Å². The maximum Gasteiger partial charge on any atom is 0.164 e. The predicted molar refractivity (Wildman–Crippen MR) is 267 cm³/mol. The molecule has 0 aliphatic carbocycles. The fourth-order valence-corrected chi connectivity index (χ4v) is 9.20. The van der Waals surface area contributed by atoms with Crippen LogP contribution in [0.3, 0.4) is 0 Å². The zero-order valence-electron chi connectivity index (χ0n) is 39.5. The van der Waals surface area contributed by atoms with E-state index in [2.05, 4.69) is 146 Å². The largest absolute Gasteiger partial charge is 0.208 e. The molecule has 0 fully saturated rings. The molecule has 62 heavy (non-hydrogen) atoms. The van der Waals surface area contributed by atoms with Crippen molar-refractivity contribution in [3.8, 4) is 45.3 Å². The van der Waals surface area contributed by atoms with Crippen molar-refractivity contribution in [2.24, 2.45) is 0 Å². The molecular formula is C59H75N3. The zero-order chi connectivity index (χ0) is 43.7. The van der Waals surface area contributed by atoms with Gasteiger partial charge in [-0.15, -0.1) is 0 Å². The Morgan fingerprint density at radius 3 is 1.24 bits per heavy atom. The summed E-state index contributed by atoms with van der Waals surface area (Å²) in [5.74, 6) is 2.12. The van der Waals surface area contributed by atoms with E-state index in [1.807, 2.05) is 0 Å². The van der Waals surface area contributed by atoms with Crippen molar-refractivity contribution in [2.45, 2.75) is 170 Å². The molecule has 0 saturated carbocycles. The Labute approximate surface area is 376 Å². The van der Waals surface area contributed by atoms with Crippen molar-refractivity contribution in [3.05, 3.63) is 147 Å². The number of hydrogen-bond acceptors (Lipinski definition) is 3. The van der Waals surface area contributed by atoms with Gasteiger partial charge in [0.2, 0.25) is 0 Å². The van der Waals surface area contributed by atoms with Crippen molar-refractivity contribution in [3.63, 3.8) is 0 Å². The average Bonchev–Trinajstić information content (AvgIpc) is 3.31. The standard InChI is InChI=1S/C59H75N3/c1-8-13-14-15-16-17-18-19-20-21-24-45-29-33-52(34-30-45)58-60-57(51-31-27-43(6)28-32-51)61-59(62-58)53-37-35-50(36-38-53)56-42-48(11-4)55(41-49(56)12-5)26-23-22-25-54-40-46(9-2)44(7)39-47(54)10-3/h27-42H,8-26H2,1-7H3. The number of benzene rings is 5. The van der Waals surface area contributed by atoms with E-state index < -0.39 is 0 Å². The molecule has 0 aliphatic heterocycles. The van der Waals surface area contributed by atoms with Crippen molar-refractivity contribution >= 4 is 0 Å². The second-order valence-electron chi connectivity index (χ2n) is 17.8. The van der Waals surface area contributed by atoms with E-state index in [-0.39, 0.29) is 0 Å². The molecule has 6 aromatic rings. The van der Waals surface area contributed by atoms with Crippen LogP contribution in [-0.2, 0) is 44.9 Å². The fraction of sp³-hybridized carbons (Fsp3) is 0.441. The molecule has 0 spiro atoms. The van der Waals surface area contributed by atoms with Gasteiger partial charge in [-0.1, -0.05) is 195 Å². The molecule has 5 aromatic carbocycles. The molecule has 0 saturated heterocycles. The number of aromatic nitrogens is 3. The van der Waals surface area contributed by atoms with Crippen LogP contribution < -0.4 is 0 Å². The maximum atomic E-state index is 5.10. The topological polar surface area (TPSA) is 38.7 Å². The number of aryl methyl sites for hydroxylation is 9. The van der Waals surface area contributed by atoms with E-state index in [1.165, 1.54) is 139 Å². The van der Waals surface area contributed by atoms with E-state index >= 15 is 0 Å². The van der Waals surface area contributed by atoms with Crippen LogP contribution in [0.2, 0.25) is 0 Å². The smallest absolute Gasteiger partial charge is 0.164 e. The maximum absolute atomic E-state index is 5.10. The van der Waals surface area contributed by atoms with Crippen LogP contribution in [0.25, 0.3) is 45.3 Å². The third-order valence-electron chi connectivity index (χ3n) is 13.2. The van der Waals surface area contributed by atoms with E-state index in [4.69, 9.17) is 15.0 Å². The summed E-state index contributed by atoms with van der Waals surface area (Å²) in [7, 11) is 0. The highest BCUT2D eigenvalue weighted by atomic mass is 15.0. The van der Waals surface area contributed by atoms with E-state index in [9.17, 15) is 0 Å². The first-order valence-corrected chi connectivity index (χ1v) is 24.6. The summed E-state index contributed by atoms with van der Waals surface area (Å²) in [6.45, 7) is 15.8. The van der Waals surface area contributed by atoms with Gasteiger partial charge in [0.15, 0.2) is 17.5 Å². The van der Waals surface area contributed by atoms with Gasteiger partial charge in [0, 0.05) is 16.7 Å². The van der Waals surface area contributed by atoms with Gasteiger partial charge in [-0.3, -0.25) is 0 Å². The molecule has 0 radical (unpaired) electrons. The van der Waals surface area contributed by atoms with Crippen LogP contribution in [0.15, 0.2) is 97.1 Å². The first-order chi connectivity index (χ1) is 30.3. The first kappa shape index (κ1) is 46.6. The minimum atomic E-state index is 0.703. The second kappa shape index (κ2) is 24.1. The molecule has 6 rings (SSSR count). The third-order valence-corrected chi connectivity index (χ3v) is 13.2. The molecule has 1 aromatic heterocycles. The molecular weight excluding hydrogens is 751 g/mol. The lowest BCUT2D eigenvalue weighted by Crippen LogP contribution is -2.01. The van der Waals surface area contributed by atoms with Gasteiger partial charge in [0.25, 0.3) is 0 Å². The predicted octanol–water partition coefficient (Wildman–Crippen LogP) is 16.4. The average molecular weight is 826 g/mol. The van der Waals surface area contributed by atoms with E-state index in [1.54, 1.807) is 5.56 Å². The normalized spacial score (nSPS) is 11.4. The lowest BCUT2D eigenvalue weighted by atomic mass is 9.89. The highest BCUT2D eigenvalue weighted by molar-refractivity contribution is 5.73. The van der Waals surface area contributed by atoms with Crippen LogP contribution >= 0.6 is 0 Å². The zero-order valence-corrected chi connectivity index (χ0v) is 39.5. The van der Waals surface area contributed by atoms with Crippen LogP contribution in [0.4, 0.5) is 0 Å². The van der Waals surface area contributed by atoms with Crippen LogP contribution in [-0.4, -0.2) is 15.0 Å². The Bertz CT molecular complexity index is 2280. The van der Waals surface area contributed by atoms with E-state index in [0.29, 0.717) is 17.5 Å². The lowest BCUT2D eigenvalue weighted by Gasteiger charge is -2.17. The molecule has 0 aliphatic rings. The minimum absolute atomic E-state index is 0.703. The molecule has 0 bridgehead atoms. The van der Waals surface area contributed by atoms with E-state index in [0.717, 1.165) is 55.2 Å². The van der Waals surface area contributed by atoms with Gasteiger partial charge >= 0.3 is 0 Å². The Hall–Kier alpha value is -4.89. The van der Waals surface area contributed by atoms with Gasteiger partial charge in [-0.2, -0.15) is 0 Å². The van der Waals surface area contributed by atoms with Crippen molar-refractivity contribution in [1.82, 2.24) is 15.0 Å². The summed E-state index contributed by atoms with van der Waals surface area (Å²) in [5, 5.41) is 0. The van der Waals surface area contributed by atoms with Gasteiger partial charge in [0.1, 0.15) is 0 Å². The Kier molecular flexibility index (Phi) is 18.1. The molecule has 0 N–H and O–H groups in total. The third kappa shape index (κ3) is 12.8. The first-order valence-electron chi connectivity index (χ1n) is 24.6. The van der Waals surface area contributed by atoms with Crippen molar-refractivity contribution in [1.29, 1.82) is 0 Å². The molecule has 326 valence electrons. The second-order valence-corrected chi connectivity index (χ2v) is 17.8. The van der Waals surface area contributed by atoms with Crippen molar-refractivity contribution < 1.29 is 0 Å². The summed E-state index contributed by atoms with van der Waals surface area (Å²) in [4.78, 5) is 15.2. The summed E-state index contributed by atoms with van der Waals surface area (Å²) >= 11 is 0. The van der Waals surface area contributed by atoms with Crippen LogP contribution in [0, 0.1) is 13.8 Å². The number of nitrogens with zero attached hydrogens (tertiary/aromatic N) is 3. The highest BCUT2D eigenvalue weighted by Gasteiger charge is 2.15. The van der Waals surface area contributed by atoms with Gasteiger partial charge in [0.05, 0.1) is 0 Å². The summed E-state index contributed by atoms with van der Waals surface area (Å²) in [6.07, 6.45) is 23.8. The lowest BCUT2D eigenvalue weighted by molar-refractivity contribution is 0.556. The molecule has 0 unspecified atom stereocenters. The number of unbranched alkanes of at least 4 members (excludes halogenated alkanes) is 10. The Morgan fingerprint density at radius 1 is 0.339 bits per heavy atom. The number of rotatable bonds is 24. The van der Waals surface area contributed by atoms with Crippen molar-refractivity contribution in [2.75, 3.05) is 0 Å². The summed E-state index contributed by atoms with van der Waals surface area (Å²) in [6, 6.07) is 36.2. The fourth-order valence-electron chi connectivity index (χ4n) is 9.20. The molecule has 0 atom stereocenters. The van der Waals surface area contributed by atoms with Crippen LogP contribution in [0.5, 0.6) is 0 Å². The SMILES string of the molecule is CCCCCCCCCCCCc1ccc(-c2nc(-c3ccc(C)cc3)nc(-c3ccc(-c4cc(CC)c(CCCCc5cc(CC)c(C)cc5CC)cc4CC)cc3)n2)cc1.